The number of aromatic nitrogens is 2. The summed E-state index contributed by atoms with van der Waals surface area (Å²) in [6, 6.07) is 64.6. The molecule has 0 radical (unpaired) electrons. The highest BCUT2D eigenvalue weighted by atomic mass is 16.5. The van der Waals surface area contributed by atoms with Crippen LogP contribution in [-0.2, 0) is 0 Å². The number of hydrogen-bond acceptors (Lipinski definition) is 12. The lowest BCUT2D eigenvalue weighted by Gasteiger charge is -2.25. The van der Waals surface area contributed by atoms with Gasteiger partial charge in [0, 0.05) is 88.9 Å². The molecular weight excluding hydrogens is 1110 g/mol. The van der Waals surface area contributed by atoms with Crippen molar-refractivity contribution in [3.8, 4) is 45.3 Å². The molecule has 0 saturated carbocycles. The lowest BCUT2D eigenvalue weighted by atomic mass is 9.93. The summed E-state index contributed by atoms with van der Waals surface area (Å²) in [4.78, 5) is 26.3. The third-order valence-electron chi connectivity index (χ3n) is 18.2. The molecule has 0 bridgehead atoms. The van der Waals surface area contributed by atoms with Crippen molar-refractivity contribution >= 4 is 79.6 Å². The van der Waals surface area contributed by atoms with E-state index in [2.05, 4.69) is 260 Å². The normalized spacial score (nSPS) is 14.6. The van der Waals surface area contributed by atoms with E-state index >= 15 is 0 Å². The highest BCUT2D eigenvalue weighted by molar-refractivity contribution is 5.92. The van der Waals surface area contributed by atoms with Gasteiger partial charge >= 0.3 is 0 Å². The molecule has 446 valence electrons. The predicted octanol–water partition coefficient (Wildman–Crippen LogP) is 19.4. The monoisotopic (exact) mass is 1180 g/mol. The van der Waals surface area contributed by atoms with Crippen LogP contribution in [0.4, 0.5) is 79.6 Å². The van der Waals surface area contributed by atoms with E-state index in [-0.39, 0.29) is 6.67 Å². The van der Waals surface area contributed by atoms with Gasteiger partial charge in [0.05, 0.1) is 71.2 Å². The molecule has 0 atom stereocenters. The molecule has 2 aromatic heterocycles. The zero-order valence-corrected chi connectivity index (χ0v) is 52.2. The minimum Gasteiger partial charge on any atom is -0.457 e. The largest absolute Gasteiger partial charge is 0.457 e. The van der Waals surface area contributed by atoms with Crippen molar-refractivity contribution in [2.75, 3.05) is 79.9 Å². The van der Waals surface area contributed by atoms with Crippen molar-refractivity contribution < 1.29 is 13.6 Å². The summed E-state index contributed by atoms with van der Waals surface area (Å²) in [6.07, 6.45) is 7.14. The molecule has 11 aromatic rings. The summed E-state index contributed by atoms with van der Waals surface area (Å²) < 4.78 is 39.2. The number of pyridine rings is 2. The molecule has 4 aliphatic rings. The van der Waals surface area contributed by atoms with Crippen molar-refractivity contribution in [3.63, 3.8) is 0 Å². The fourth-order valence-electron chi connectivity index (χ4n) is 14.1. The first-order valence-electron chi connectivity index (χ1n) is 32.2. The first kappa shape index (κ1) is 52.4. The standard InChI is InChI=1S/C78H72N10O2/c1-49-29-53(5)77(54(6)30-49)57-35-63(83-45-81(9)75-43-79-27-25-71(75)83)41-67(37-57)89-65-17-13-15-61(39-65)87-47-85(69-19-11-12-20-70(69)87)59-21-23-60(24-22-59)86-48-88(74-34-52(4)51(3)33-73(74)86)62-16-14-18-66(40-62)90-68-38-58(78-55(7)31-50(2)32-56(78)8)36-64(42-68)84-46-82(10)76-44-80-28-26-72(76)84/h11-44H,45-48H2,1-10H3/i9D3. The Labute approximate surface area is 532 Å². The smallest absolute Gasteiger partial charge is 0.130 e. The van der Waals surface area contributed by atoms with Crippen LogP contribution in [0.5, 0.6) is 23.0 Å². The van der Waals surface area contributed by atoms with Crippen LogP contribution in [0.15, 0.2) is 207 Å². The molecular formula is C78H72N10O2. The Morgan fingerprint density at radius 3 is 1.18 bits per heavy atom. The summed E-state index contributed by atoms with van der Waals surface area (Å²) >= 11 is 0. The highest BCUT2D eigenvalue weighted by Gasteiger charge is 2.33. The van der Waals surface area contributed by atoms with E-state index < -0.39 is 6.98 Å². The van der Waals surface area contributed by atoms with Crippen molar-refractivity contribution in [3.05, 3.63) is 251 Å². The second-order valence-electron chi connectivity index (χ2n) is 24.6. The third kappa shape index (κ3) is 9.98. The maximum absolute atomic E-state index is 8.41. The Balaban J connectivity index is 0.702. The van der Waals surface area contributed by atoms with Crippen LogP contribution < -0.4 is 48.7 Å². The van der Waals surface area contributed by atoms with Gasteiger partial charge in [0.15, 0.2) is 0 Å². The maximum atomic E-state index is 8.41. The van der Waals surface area contributed by atoms with Gasteiger partial charge in [0.25, 0.3) is 0 Å². The van der Waals surface area contributed by atoms with Gasteiger partial charge in [-0.1, -0.05) is 59.7 Å². The predicted molar refractivity (Wildman–Crippen MR) is 372 cm³/mol. The average Bonchev–Trinajstić information content (AvgIpc) is 1.72. The van der Waals surface area contributed by atoms with Crippen LogP contribution in [0.25, 0.3) is 22.3 Å². The second-order valence-corrected chi connectivity index (χ2v) is 24.6. The molecule has 0 amide bonds. The number of benzene rings is 9. The maximum Gasteiger partial charge on any atom is 0.130 e. The number of hydrogen-bond donors (Lipinski definition) is 0. The van der Waals surface area contributed by atoms with Gasteiger partial charge in [0.2, 0.25) is 0 Å². The number of rotatable bonds is 12. The lowest BCUT2D eigenvalue weighted by molar-refractivity contribution is 0.482. The molecule has 0 aliphatic carbocycles. The first-order chi connectivity index (χ1) is 44.9. The Morgan fingerprint density at radius 1 is 0.322 bits per heavy atom. The first-order valence-corrected chi connectivity index (χ1v) is 30.7. The van der Waals surface area contributed by atoms with Gasteiger partial charge < -0.3 is 48.7 Å². The number of aryl methyl sites for hydroxylation is 8. The molecule has 0 saturated heterocycles. The SMILES string of the molecule is [2H]C([2H])([2H])N1CN(c2cc(Oc3cccc(N4CN(c5ccc(N6CN(c7cccc(Oc8cc(-c9c(C)cc(C)cc9C)cc(N9CN(C)c%10cnccc%109)c8)c7)c7cc(C)c(C)cc76)cc5)c5ccccc54)c3)cc(-c3c(C)cc(C)cc3C)c2)c2ccncc21. The molecule has 12 nitrogen and oxygen atoms in total. The summed E-state index contributed by atoms with van der Waals surface area (Å²) in [5.74, 6) is 2.82. The summed E-state index contributed by atoms with van der Waals surface area (Å²) in [6.45, 7) is 17.0. The van der Waals surface area contributed by atoms with E-state index in [4.69, 9.17) is 13.6 Å². The van der Waals surface area contributed by atoms with E-state index in [0.717, 1.165) is 113 Å². The van der Waals surface area contributed by atoms with E-state index in [1.165, 1.54) is 43.8 Å². The summed E-state index contributed by atoms with van der Waals surface area (Å²) in [5, 5.41) is 0. The second kappa shape index (κ2) is 22.1. The molecule has 0 N–H and O–H groups in total. The van der Waals surface area contributed by atoms with Crippen molar-refractivity contribution in [1.29, 1.82) is 0 Å². The van der Waals surface area contributed by atoms with Gasteiger partial charge in [-0.3, -0.25) is 9.97 Å². The van der Waals surface area contributed by atoms with Crippen molar-refractivity contribution in [1.82, 2.24) is 9.97 Å². The molecule has 15 rings (SSSR count). The van der Waals surface area contributed by atoms with E-state index in [9.17, 15) is 0 Å². The van der Waals surface area contributed by atoms with Crippen LogP contribution in [0.1, 0.15) is 48.6 Å². The van der Waals surface area contributed by atoms with Crippen LogP contribution in [0.3, 0.4) is 0 Å². The molecule has 90 heavy (non-hydrogen) atoms. The van der Waals surface area contributed by atoms with Crippen LogP contribution in [0.2, 0.25) is 0 Å². The molecule has 0 spiro atoms. The van der Waals surface area contributed by atoms with Crippen LogP contribution in [0, 0.1) is 55.4 Å². The van der Waals surface area contributed by atoms with Crippen molar-refractivity contribution in [2.24, 2.45) is 0 Å². The van der Waals surface area contributed by atoms with Gasteiger partial charge in [-0.05, 0) is 220 Å². The lowest BCUT2D eigenvalue weighted by Crippen LogP contribution is -2.25. The molecule has 0 fully saturated rings. The number of nitrogens with zero attached hydrogens (tertiary/aromatic N) is 10. The van der Waals surface area contributed by atoms with Crippen molar-refractivity contribution in [2.45, 2.75) is 55.4 Å². The van der Waals surface area contributed by atoms with Crippen LogP contribution >= 0.6 is 0 Å². The quantitative estimate of drug-likeness (QED) is 0.117. The molecule has 0 unspecified atom stereocenters. The number of fused-ring (bicyclic) bond motifs is 4. The molecule has 9 aromatic carbocycles. The Morgan fingerprint density at radius 2 is 0.711 bits per heavy atom. The Bertz CT molecular complexity index is 4740. The van der Waals surface area contributed by atoms with Crippen LogP contribution in [-0.4, -0.2) is 50.7 Å². The molecule has 4 aliphatic heterocycles. The van der Waals surface area contributed by atoms with Gasteiger partial charge in [-0.25, -0.2) is 0 Å². The fraction of sp³-hybridized carbons (Fsp3) is 0.179. The number of anilines is 14. The fourth-order valence-corrected chi connectivity index (χ4v) is 14.1. The van der Waals surface area contributed by atoms with E-state index in [0.29, 0.717) is 37.2 Å². The molecule has 12 heteroatoms. The van der Waals surface area contributed by atoms with E-state index in [1.54, 1.807) is 12.4 Å². The van der Waals surface area contributed by atoms with Gasteiger partial charge in [-0.15, -0.1) is 0 Å². The highest BCUT2D eigenvalue weighted by Crippen LogP contribution is 2.51. The summed E-state index contributed by atoms with van der Waals surface area (Å²) in [5.41, 5.74) is 28.1. The zero-order valence-electron chi connectivity index (χ0n) is 55.2. The Kier molecular flexibility index (Phi) is 12.9. The molecule has 6 heterocycles. The van der Waals surface area contributed by atoms with Gasteiger partial charge in [-0.2, -0.15) is 0 Å². The summed E-state index contributed by atoms with van der Waals surface area (Å²) in [7, 11) is 2.11. The Hall–Kier alpha value is -10.7. The topological polar surface area (TPSA) is 70.2 Å². The minimum atomic E-state index is -2.36. The number of para-hydroxylation sites is 2. The third-order valence-corrected chi connectivity index (χ3v) is 18.2. The minimum absolute atomic E-state index is 0.131. The zero-order chi connectivity index (χ0) is 64.1. The average molecular weight is 1180 g/mol. The van der Waals surface area contributed by atoms with Gasteiger partial charge in [0.1, 0.15) is 36.3 Å². The van der Waals surface area contributed by atoms with E-state index in [1.807, 2.05) is 41.6 Å². The number of ether oxygens (including phenoxy) is 2.